The van der Waals surface area contributed by atoms with Crippen molar-refractivity contribution in [3.05, 3.63) is 45.9 Å². The van der Waals surface area contributed by atoms with Crippen LogP contribution in [0.4, 0.5) is 20.7 Å². The fraction of sp³-hybridized carbons (Fsp3) is 0.545. The van der Waals surface area contributed by atoms with Gasteiger partial charge in [-0.1, -0.05) is 26.8 Å². The average Bonchev–Trinajstić information content (AvgIpc) is 3.34. The Kier molecular flexibility index (Phi) is 6.15. The highest BCUT2D eigenvalue weighted by Gasteiger charge is 2.40. The monoisotopic (exact) mass is 492 g/mol. The minimum absolute atomic E-state index is 0.0412. The fourth-order valence-corrected chi connectivity index (χ4v) is 4.76. The van der Waals surface area contributed by atoms with Gasteiger partial charge >= 0.3 is 17.9 Å². The second kappa shape index (κ2) is 8.66. The summed E-state index contributed by atoms with van der Waals surface area (Å²) in [6.07, 6.45) is 0.318. The molecule has 0 aliphatic carbocycles. The van der Waals surface area contributed by atoms with E-state index in [2.05, 4.69) is 38.8 Å². The van der Waals surface area contributed by atoms with Crippen molar-refractivity contribution >= 4 is 25.9 Å². The number of amides is 1. The predicted molar refractivity (Wildman–Crippen MR) is 124 cm³/mol. The minimum Gasteiger partial charge on any atom is -0.445 e. The molecule has 2 unspecified atom stereocenters. The molecule has 0 N–H and O–H groups in total. The molecule has 2 aliphatic heterocycles. The van der Waals surface area contributed by atoms with E-state index in [0.717, 1.165) is 0 Å². The first-order chi connectivity index (χ1) is 15.9. The number of nitro groups is 1. The Morgan fingerprint density at radius 2 is 2.06 bits per heavy atom. The van der Waals surface area contributed by atoms with Gasteiger partial charge in [-0.05, 0) is 40.8 Å². The van der Waals surface area contributed by atoms with Gasteiger partial charge in [-0.25, -0.2) is 9.18 Å². The van der Waals surface area contributed by atoms with Crippen LogP contribution < -0.4 is 9.64 Å². The van der Waals surface area contributed by atoms with Crippen LogP contribution in [0.3, 0.4) is 0 Å². The zero-order chi connectivity index (χ0) is 24.8. The van der Waals surface area contributed by atoms with Crippen LogP contribution in [0, 0.1) is 15.9 Å². The maximum absolute atomic E-state index is 15.1. The molecule has 12 heteroatoms. The summed E-state index contributed by atoms with van der Waals surface area (Å²) in [6, 6.07) is 4.73. The third kappa shape index (κ3) is 4.64. The lowest BCUT2D eigenvalue weighted by Crippen LogP contribution is -2.43. The average molecular weight is 493 g/mol. The Morgan fingerprint density at radius 3 is 2.71 bits per heavy atom. The number of cyclic esters (lactones) is 1. The first-order valence-corrected chi connectivity index (χ1v) is 14.0. The largest absolute Gasteiger partial charge is 0.445 e. The zero-order valence-corrected chi connectivity index (χ0v) is 20.9. The van der Waals surface area contributed by atoms with Crippen LogP contribution in [-0.4, -0.2) is 54.7 Å². The van der Waals surface area contributed by atoms with Crippen molar-refractivity contribution < 1.29 is 28.0 Å². The molecule has 2 atom stereocenters. The van der Waals surface area contributed by atoms with Gasteiger partial charge in [-0.2, -0.15) is 0 Å². The molecular weight excluding hydrogens is 463 g/mol. The standard InChI is InChI=1S/C22H29FN4O6Si/c1-22(2,3)34(4,5)32-13-16-10-26(21(28)33-16)15-6-7-17(18(23)8-15)14-9-25-11-19(27(29)30)24-20(25)31-12-14/h6-8,11,14,16H,9-10,12-13H2,1-5H3. The van der Waals surface area contributed by atoms with Crippen LogP contribution in [0.25, 0.3) is 0 Å². The molecule has 4 rings (SSSR count). The lowest BCUT2D eigenvalue weighted by atomic mass is 9.98. The van der Waals surface area contributed by atoms with Gasteiger partial charge in [0.05, 0.1) is 18.8 Å². The molecule has 1 amide bonds. The summed E-state index contributed by atoms with van der Waals surface area (Å²) < 4.78 is 33.7. The molecule has 0 spiro atoms. The highest BCUT2D eigenvalue weighted by Crippen LogP contribution is 2.37. The van der Waals surface area contributed by atoms with Crippen LogP contribution in [0.2, 0.25) is 18.1 Å². The molecule has 1 saturated heterocycles. The lowest BCUT2D eigenvalue weighted by molar-refractivity contribution is -0.389. The molecule has 2 aromatic rings. The second-order valence-corrected chi connectivity index (χ2v) is 15.0. The molecule has 184 valence electrons. The molecule has 10 nitrogen and oxygen atoms in total. The number of carbonyl (C=O) groups is 1. The van der Waals surface area contributed by atoms with Gasteiger partial charge in [-0.15, -0.1) is 0 Å². The van der Waals surface area contributed by atoms with Crippen molar-refractivity contribution in [1.29, 1.82) is 0 Å². The Labute approximate surface area is 197 Å². The van der Waals surface area contributed by atoms with Gasteiger partial charge in [0.25, 0.3) is 0 Å². The second-order valence-electron chi connectivity index (χ2n) is 10.2. The molecule has 1 aromatic heterocycles. The number of nitrogens with zero attached hydrogens (tertiary/aromatic N) is 4. The molecule has 2 aliphatic rings. The summed E-state index contributed by atoms with van der Waals surface area (Å²) in [6.45, 7) is 11.7. The van der Waals surface area contributed by atoms with Crippen LogP contribution in [0.5, 0.6) is 6.01 Å². The van der Waals surface area contributed by atoms with Crippen LogP contribution in [-0.2, 0) is 15.7 Å². The molecule has 3 heterocycles. The highest BCUT2D eigenvalue weighted by atomic mass is 28.4. The number of benzene rings is 1. The van der Waals surface area contributed by atoms with E-state index < -0.39 is 31.3 Å². The summed E-state index contributed by atoms with van der Waals surface area (Å²) in [7, 11) is -1.99. The minimum atomic E-state index is -1.99. The normalized spacial score (nSPS) is 20.6. The van der Waals surface area contributed by atoms with Crippen molar-refractivity contribution in [1.82, 2.24) is 9.55 Å². The van der Waals surface area contributed by atoms with Crippen LogP contribution in [0.15, 0.2) is 24.4 Å². The topological polar surface area (TPSA) is 109 Å². The van der Waals surface area contributed by atoms with E-state index in [1.165, 1.54) is 21.7 Å². The van der Waals surface area contributed by atoms with E-state index in [0.29, 0.717) is 24.4 Å². The lowest BCUT2D eigenvalue weighted by Gasteiger charge is -2.36. The SMILES string of the molecule is CC(C)(C)[Si](C)(C)OCC1CN(c2ccc(C3COc4nc([N+](=O)[O-])cn4C3)c(F)c2)C(=O)O1. The number of aromatic nitrogens is 2. The Morgan fingerprint density at radius 1 is 1.32 bits per heavy atom. The van der Waals surface area contributed by atoms with Crippen molar-refractivity contribution in [3.8, 4) is 6.01 Å². The third-order valence-corrected chi connectivity index (χ3v) is 11.3. The summed E-state index contributed by atoms with van der Waals surface area (Å²) in [5.41, 5.74) is 0.799. The van der Waals surface area contributed by atoms with Crippen molar-refractivity contribution in [2.75, 3.05) is 24.7 Å². The number of hydrogen-bond acceptors (Lipinski definition) is 7. The Hall–Kier alpha value is -2.99. The number of carbonyl (C=O) groups excluding carboxylic acids is 1. The van der Waals surface area contributed by atoms with Gasteiger partial charge in [0.2, 0.25) is 0 Å². The maximum Gasteiger partial charge on any atom is 0.414 e. The van der Waals surface area contributed by atoms with Gasteiger partial charge in [0, 0.05) is 17.4 Å². The fourth-order valence-electron chi connectivity index (χ4n) is 3.73. The Balaban J connectivity index is 1.43. The number of rotatable bonds is 6. The smallest absolute Gasteiger partial charge is 0.414 e. The van der Waals surface area contributed by atoms with Gasteiger partial charge < -0.3 is 24.0 Å². The van der Waals surface area contributed by atoms with E-state index in [-0.39, 0.29) is 35.9 Å². The van der Waals surface area contributed by atoms with Crippen molar-refractivity contribution in [2.24, 2.45) is 0 Å². The van der Waals surface area contributed by atoms with Crippen molar-refractivity contribution in [2.45, 2.75) is 57.5 Å². The predicted octanol–water partition coefficient (Wildman–Crippen LogP) is 4.45. The summed E-state index contributed by atoms with van der Waals surface area (Å²) in [5.74, 6) is -1.16. The van der Waals surface area contributed by atoms with E-state index in [4.69, 9.17) is 13.9 Å². The highest BCUT2D eigenvalue weighted by molar-refractivity contribution is 6.74. The third-order valence-electron chi connectivity index (χ3n) is 6.79. The molecule has 0 saturated carbocycles. The molecular formula is C22H29FN4O6Si. The first-order valence-electron chi connectivity index (χ1n) is 11.1. The summed E-state index contributed by atoms with van der Waals surface area (Å²) >= 11 is 0. The molecule has 34 heavy (non-hydrogen) atoms. The number of ether oxygens (including phenoxy) is 2. The quantitative estimate of drug-likeness (QED) is 0.333. The van der Waals surface area contributed by atoms with Gasteiger partial charge in [0.1, 0.15) is 24.7 Å². The summed E-state index contributed by atoms with van der Waals surface area (Å²) in [4.78, 5) is 28.0. The molecule has 1 fully saturated rings. The number of halogens is 1. The zero-order valence-electron chi connectivity index (χ0n) is 19.9. The van der Waals surface area contributed by atoms with Gasteiger partial charge in [0.15, 0.2) is 8.32 Å². The van der Waals surface area contributed by atoms with E-state index in [1.54, 1.807) is 12.1 Å². The van der Waals surface area contributed by atoms with Crippen LogP contribution in [0.1, 0.15) is 32.3 Å². The molecule has 0 bridgehead atoms. The first kappa shape index (κ1) is 24.1. The number of imidazole rings is 1. The Bertz CT molecular complexity index is 1120. The summed E-state index contributed by atoms with van der Waals surface area (Å²) in [5, 5.41) is 11.0. The van der Waals surface area contributed by atoms with Crippen LogP contribution >= 0.6 is 0 Å². The van der Waals surface area contributed by atoms with E-state index >= 15 is 4.39 Å². The number of hydrogen-bond donors (Lipinski definition) is 0. The number of anilines is 1. The maximum atomic E-state index is 15.1. The van der Waals surface area contributed by atoms with E-state index in [9.17, 15) is 14.9 Å². The molecule has 1 aromatic carbocycles. The van der Waals surface area contributed by atoms with Crippen molar-refractivity contribution in [3.63, 3.8) is 0 Å². The van der Waals surface area contributed by atoms with Gasteiger partial charge in [-0.3, -0.25) is 9.47 Å². The molecule has 0 radical (unpaired) electrons. The number of fused-ring (bicyclic) bond motifs is 1. The van der Waals surface area contributed by atoms with E-state index in [1.807, 2.05) is 0 Å².